The highest BCUT2D eigenvalue weighted by Crippen LogP contribution is 2.43. The second kappa shape index (κ2) is 8.47. The van der Waals surface area contributed by atoms with Crippen molar-refractivity contribution in [1.82, 2.24) is 4.98 Å². The predicted octanol–water partition coefficient (Wildman–Crippen LogP) is 8.38. The second-order valence-electron chi connectivity index (χ2n) is 9.13. The molecule has 1 aromatic heterocycles. The molecule has 2 aliphatic heterocycles. The Bertz CT molecular complexity index is 1660. The fraction of sp³-hybridized carbons (Fsp3) is 0.0303. The minimum atomic E-state index is 0.858. The molecular weight excluding hydrogens is 438 g/mol. The van der Waals surface area contributed by atoms with E-state index in [0.29, 0.717) is 0 Å². The molecule has 0 radical (unpaired) electrons. The number of hydrogen-bond donors (Lipinski definition) is 0. The molecule has 0 fully saturated rings. The monoisotopic (exact) mass is 461 g/mol. The fourth-order valence-electron chi connectivity index (χ4n) is 5.12. The van der Waals surface area contributed by atoms with E-state index in [0.717, 1.165) is 51.7 Å². The number of anilines is 3. The number of aliphatic imine (C=N–C) groups is 1. The van der Waals surface area contributed by atoms with Crippen molar-refractivity contribution in [2.45, 2.75) is 6.42 Å². The Kier molecular flexibility index (Phi) is 4.85. The van der Waals surface area contributed by atoms with Gasteiger partial charge in [0, 0.05) is 23.9 Å². The van der Waals surface area contributed by atoms with Crippen molar-refractivity contribution in [3.63, 3.8) is 0 Å². The molecule has 36 heavy (non-hydrogen) atoms. The Morgan fingerprint density at radius 1 is 0.611 bits per heavy atom. The van der Waals surface area contributed by atoms with Gasteiger partial charge < -0.3 is 4.90 Å². The van der Waals surface area contributed by atoms with E-state index in [4.69, 9.17) is 4.99 Å². The van der Waals surface area contributed by atoms with E-state index in [1.54, 1.807) is 0 Å². The fourth-order valence-corrected chi connectivity index (χ4v) is 5.12. The number of nitrogens with zero attached hydrogens (tertiary/aromatic N) is 3. The Labute approximate surface area is 210 Å². The molecule has 7 rings (SSSR count). The number of pyridine rings is 1. The van der Waals surface area contributed by atoms with Gasteiger partial charge in [-0.05, 0) is 64.7 Å². The number of hydrogen-bond acceptors (Lipinski definition) is 3. The molecule has 0 atom stereocenters. The molecule has 0 amide bonds. The molecule has 3 heteroatoms. The van der Waals surface area contributed by atoms with Gasteiger partial charge in [-0.3, -0.25) is 9.98 Å². The number of aromatic nitrogens is 1. The van der Waals surface area contributed by atoms with Crippen molar-refractivity contribution < 1.29 is 0 Å². The van der Waals surface area contributed by atoms with Crippen molar-refractivity contribution in [1.29, 1.82) is 0 Å². The van der Waals surface area contributed by atoms with Crippen LogP contribution in [-0.4, -0.2) is 10.7 Å². The van der Waals surface area contributed by atoms with Crippen LogP contribution in [0.25, 0.3) is 23.4 Å². The summed E-state index contributed by atoms with van der Waals surface area (Å²) in [6.45, 7) is 0. The summed E-state index contributed by atoms with van der Waals surface area (Å²) in [7, 11) is 0. The van der Waals surface area contributed by atoms with E-state index >= 15 is 0 Å². The zero-order valence-corrected chi connectivity index (χ0v) is 19.7. The van der Waals surface area contributed by atoms with Gasteiger partial charge in [0.25, 0.3) is 0 Å². The van der Waals surface area contributed by atoms with Crippen molar-refractivity contribution >= 4 is 40.6 Å². The summed E-state index contributed by atoms with van der Waals surface area (Å²) < 4.78 is 0. The quantitative estimate of drug-likeness (QED) is 0.265. The maximum Gasteiger partial charge on any atom is 0.0702 e. The zero-order chi connectivity index (χ0) is 23.9. The zero-order valence-electron chi connectivity index (χ0n) is 19.7. The first-order chi connectivity index (χ1) is 17.8. The number of rotatable bonds is 3. The van der Waals surface area contributed by atoms with Gasteiger partial charge in [-0.25, -0.2) is 0 Å². The van der Waals surface area contributed by atoms with Crippen LogP contribution < -0.4 is 4.90 Å². The molecule has 3 nitrogen and oxygen atoms in total. The number of benzene rings is 4. The Hall–Kier alpha value is -4.76. The van der Waals surface area contributed by atoms with Gasteiger partial charge in [-0.2, -0.15) is 0 Å². The van der Waals surface area contributed by atoms with Crippen molar-refractivity contribution in [3.05, 3.63) is 138 Å². The standard InChI is InChI=1S/C33H23N3/c1-3-13-30-26(9-1)21-31(35-30)27-18-17-24-16-15-23-8-2-4-14-32(23)36(33(24)22-27)28-11-7-10-25(20-28)29-12-5-6-19-34-29/h1-20,22H,21H2. The molecule has 5 aromatic rings. The molecule has 0 N–H and O–H groups in total. The van der Waals surface area contributed by atoms with Crippen molar-refractivity contribution in [3.8, 4) is 11.3 Å². The van der Waals surface area contributed by atoms with E-state index < -0.39 is 0 Å². The third-order valence-electron chi connectivity index (χ3n) is 6.89. The molecule has 3 heterocycles. The summed E-state index contributed by atoms with van der Waals surface area (Å²) in [6.07, 6.45) is 7.12. The molecule has 0 saturated carbocycles. The summed E-state index contributed by atoms with van der Waals surface area (Å²) in [5.41, 5.74) is 12.4. The largest absolute Gasteiger partial charge is 0.309 e. The molecule has 0 saturated heterocycles. The number of para-hydroxylation sites is 2. The van der Waals surface area contributed by atoms with Gasteiger partial charge in [-0.1, -0.05) is 78.9 Å². The SMILES string of the molecule is C1=Cc2ccc(C3=Nc4ccccc4C3)cc2N(c2cccc(-c3ccccn3)c2)c2ccccc21. The molecule has 0 unspecified atom stereocenters. The van der Waals surface area contributed by atoms with E-state index in [2.05, 4.69) is 119 Å². The van der Waals surface area contributed by atoms with Gasteiger partial charge >= 0.3 is 0 Å². The van der Waals surface area contributed by atoms with E-state index in [1.807, 2.05) is 18.3 Å². The van der Waals surface area contributed by atoms with Gasteiger partial charge in [0.15, 0.2) is 0 Å². The first kappa shape index (κ1) is 20.6. The average Bonchev–Trinajstić information content (AvgIpc) is 3.31. The molecule has 0 aliphatic carbocycles. The molecule has 4 aromatic carbocycles. The van der Waals surface area contributed by atoms with Crippen molar-refractivity contribution in [2.24, 2.45) is 4.99 Å². The summed E-state index contributed by atoms with van der Waals surface area (Å²) in [5, 5.41) is 0. The van der Waals surface area contributed by atoms with Crippen LogP contribution in [0.15, 0.2) is 120 Å². The number of fused-ring (bicyclic) bond motifs is 3. The minimum Gasteiger partial charge on any atom is -0.309 e. The maximum absolute atomic E-state index is 4.96. The third kappa shape index (κ3) is 3.53. The second-order valence-corrected chi connectivity index (χ2v) is 9.13. The summed E-state index contributed by atoms with van der Waals surface area (Å²) in [5.74, 6) is 0. The molecule has 170 valence electrons. The lowest BCUT2D eigenvalue weighted by Crippen LogP contribution is -2.13. The van der Waals surface area contributed by atoms with Crippen molar-refractivity contribution in [2.75, 3.05) is 4.90 Å². The van der Waals surface area contributed by atoms with E-state index in [1.165, 1.54) is 16.7 Å². The van der Waals surface area contributed by atoms with E-state index in [-0.39, 0.29) is 0 Å². The van der Waals surface area contributed by atoms with Gasteiger partial charge in [0.2, 0.25) is 0 Å². The average molecular weight is 462 g/mol. The summed E-state index contributed by atoms with van der Waals surface area (Å²) >= 11 is 0. The molecular formula is C33H23N3. The normalized spacial score (nSPS) is 13.4. The molecule has 2 aliphatic rings. The highest BCUT2D eigenvalue weighted by Gasteiger charge is 2.23. The highest BCUT2D eigenvalue weighted by molar-refractivity contribution is 6.08. The van der Waals surface area contributed by atoms with Crippen LogP contribution in [0.4, 0.5) is 22.7 Å². The Balaban J connectivity index is 1.39. The van der Waals surface area contributed by atoms with Crippen LogP contribution in [0.1, 0.15) is 22.3 Å². The van der Waals surface area contributed by atoms with Crippen LogP contribution in [0.5, 0.6) is 0 Å². The topological polar surface area (TPSA) is 28.5 Å². The smallest absolute Gasteiger partial charge is 0.0702 e. The maximum atomic E-state index is 4.96. The lowest BCUT2D eigenvalue weighted by molar-refractivity contribution is 1.26. The van der Waals surface area contributed by atoms with E-state index in [9.17, 15) is 0 Å². The first-order valence-corrected chi connectivity index (χ1v) is 12.2. The van der Waals surface area contributed by atoms with Crippen LogP contribution >= 0.6 is 0 Å². The van der Waals surface area contributed by atoms with Gasteiger partial charge in [0.05, 0.1) is 28.5 Å². The van der Waals surface area contributed by atoms with Crippen LogP contribution in [-0.2, 0) is 6.42 Å². The van der Waals surface area contributed by atoms with Crippen LogP contribution in [0, 0.1) is 0 Å². The molecule has 0 spiro atoms. The predicted molar refractivity (Wildman–Crippen MR) is 150 cm³/mol. The van der Waals surface area contributed by atoms with Crippen LogP contribution in [0.3, 0.4) is 0 Å². The van der Waals surface area contributed by atoms with Crippen LogP contribution in [0.2, 0.25) is 0 Å². The van der Waals surface area contributed by atoms with Gasteiger partial charge in [0.1, 0.15) is 0 Å². The summed E-state index contributed by atoms with van der Waals surface area (Å²) in [6, 6.07) is 38.4. The Morgan fingerprint density at radius 3 is 2.33 bits per heavy atom. The third-order valence-corrected chi connectivity index (χ3v) is 6.89. The first-order valence-electron chi connectivity index (χ1n) is 12.2. The lowest BCUT2D eigenvalue weighted by Gasteiger charge is -2.28. The minimum absolute atomic E-state index is 0.858. The lowest BCUT2D eigenvalue weighted by atomic mass is 10.0. The summed E-state index contributed by atoms with van der Waals surface area (Å²) in [4.78, 5) is 11.9. The highest BCUT2D eigenvalue weighted by atomic mass is 15.1. The Morgan fingerprint density at radius 2 is 1.44 bits per heavy atom. The van der Waals surface area contributed by atoms with Gasteiger partial charge in [-0.15, -0.1) is 0 Å². The molecule has 0 bridgehead atoms.